The van der Waals surface area contributed by atoms with Crippen molar-refractivity contribution in [3.05, 3.63) is 57.8 Å². The van der Waals surface area contributed by atoms with E-state index in [1.165, 1.54) is 11.1 Å². The summed E-state index contributed by atoms with van der Waals surface area (Å²) in [5.74, 6) is 1.03. The summed E-state index contributed by atoms with van der Waals surface area (Å²) < 4.78 is 0. The second-order valence-corrected chi connectivity index (χ2v) is 7.52. The van der Waals surface area contributed by atoms with Gasteiger partial charge < -0.3 is 10.2 Å². The van der Waals surface area contributed by atoms with Crippen LogP contribution in [0.2, 0.25) is 0 Å². The zero-order valence-corrected chi connectivity index (χ0v) is 17.7. The molecule has 0 saturated carbocycles. The van der Waals surface area contributed by atoms with Crippen LogP contribution in [-0.4, -0.2) is 49.0 Å². The largest absolute Gasteiger partial charge is 0.354 e. The highest BCUT2D eigenvalue weighted by atomic mass is 127. The predicted octanol–water partition coefficient (Wildman–Crippen LogP) is 3.36. The van der Waals surface area contributed by atoms with E-state index in [0.717, 1.165) is 45.1 Å². The second kappa shape index (κ2) is 8.51. The summed E-state index contributed by atoms with van der Waals surface area (Å²) in [6, 6.07) is 13.5. The van der Waals surface area contributed by atoms with Gasteiger partial charge in [0.25, 0.3) is 0 Å². The van der Waals surface area contributed by atoms with Gasteiger partial charge in [0.1, 0.15) is 0 Å². The van der Waals surface area contributed by atoms with E-state index in [1.807, 2.05) is 11.3 Å². The van der Waals surface area contributed by atoms with E-state index in [-0.39, 0.29) is 24.0 Å². The number of likely N-dealkylation sites (N-methyl/N-ethyl adjacent to an activating group) is 1. The van der Waals surface area contributed by atoms with Gasteiger partial charge in [-0.15, -0.1) is 35.3 Å². The molecule has 0 amide bonds. The first-order valence-corrected chi connectivity index (χ1v) is 9.53. The number of aliphatic imine (C=N–C) groups is 1. The molecule has 0 bridgehead atoms. The minimum absolute atomic E-state index is 0. The fourth-order valence-corrected chi connectivity index (χ4v) is 4.47. The van der Waals surface area contributed by atoms with E-state index in [9.17, 15) is 0 Å². The Labute approximate surface area is 171 Å². The topological polar surface area (TPSA) is 30.9 Å². The van der Waals surface area contributed by atoms with Crippen LogP contribution in [-0.2, 0) is 13.0 Å². The van der Waals surface area contributed by atoms with Crippen molar-refractivity contribution in [3.63, 3.8) is 0 Å². The lowest BCUT2D eigenvalue weighted by atomic mass is 10.0. The van der Waals surface area contributed by atoms with Crippen LogP contribution in [0.1, 0.15) is 22.0 Å². The van der Waals surface area contributed by atoms with Crippen molar-refractivity contribution in [2.75, 3.05) is 33.2 Å². The van der Waals surface area contributed by atoms with Gasteiger partial charge in [-0.2, -0.15) is 0 Å². The van der Waals surface area contributed by atoms with E-state index >= 15 is 0 Å². The molecule has 4 nitrogen and oxygen atoms in total. The van der Waals surface area contributed by atoms with Gasteiger partial charge in [-0.05, 0) is 29.0 Å². The summed E-state index contributed by atoms with van der Waals surface area (Å²) in [7, 11) is 2.11. The molecule has 1 atom stereocenters. The molecule has 1 aromatic carbocycles. The number of benzene rings is 1. The number of thiophene rings is 1. The normalized spacial score (nSPS) is 18.3. The Balaban J connectivity index is 0.00000182. The maximum absolute atomic E-state index is 4.57. The Morgan fingerprint density at radius 3 is 2.80 bits per heavy atom. The lowest BCUT2D eigenvalue weighted by Crippen LogP contribution is -2.43. The van der Waals surface area contributed by atoms with E-state index in [2.05, 4.69) is 68.9 Å². The number of hydrogen-bond acceptors (Lipinski definition) is 5. The summed E-state index contributed by atoms with van der Waals surface area (Å²) in [5.41, 5.74) is 2.88. The predicted molar refractivity (Wildman–Crippen MR) is 116 cm³/mol. The van der Waals surface area contributed by atoms with Crippen LogP contribution in [0.4, 0.5) is 0 Å². The first-order chi connectivity index (χ1) is 11.8. The number of nitrogens with one attached hydrogen (secondary N) is 1. The second-order valence-electron chi connectivity index (χ2n) is 6.52. The number of nitrogens with zero attached hydrogens (tertiary/aromatic N) is 3. The zero-order chi connectivity index (χ0) is 16.4. The molecule has 134 valence electrons. The Hall–Kier alpha value is -1.12. The standard InChI is InChI=1S/C19H24N4S.HI/c1-22-11-9-20-19(22)21-13-17(15-5-3-2-4-6-15)23-10-7-18-16(14-23)8-12-24-18;/h2-6,8,12,17H,7,9-11,13-14H2,1H3,(H,20,21);1H. The molecule has 4 rings (SSSR count). The Kier molecular flexibility index (Phi) is 6.35. The maximum Gasteiger partial charge on any atom is 0.193 e. The number of rotatable bonds is 4. The van der Waals surface area contributed by atoms with Crippen LogP contribution in [0.25, 0.3) is 0 Å². The molecular weight excluding hydrogens is 443 g/mol. The molecule has 1 N–H and O–H groups in total. The molecule has 3 heterocycles. The minimum Gasteiger partial charge on any atom is -0.354 e. The Bertz CT molecular complexity index is 715. The first-order valence-electron chi connectivity index (χ1n) is 8.65. The van der Waals surface area contributed by atoms with Gasteiger partial charge in [-0.1, -0.05) is 30.3 Å². The van der Waals surface area contributed by atoms with Crippen LogP contribution < -0.4 is 5.32 Å². The van der Waals surface area contributed by atoms with Gasteiger partial charge in [0.05, 0.1) is 12.6 Å². The van der Waals surface area contributed by atoms with Gasteiger partial charge in [0.2, 0.25) is 0 Å². The van der Waals surface area contributed by atoms with Crippen molar-refractivity contribution in [1.29, 1.82) is 0 Å². The fourth-order valence-electron chi connectivity index (χ4n) is 3.58. The number of fused-ring (bicyclic) bond motifs is 1. The van der Waals surface area contributed by atoms with Crippen LogP contribution in [0.15, 0.2) is 46.8 Å². The molecule has 1 unspecified atom stereocenters. The molecule has 0 fully saturated rings. The van der Waals surface area contributed by atoms with Gasteiger partial charge in [-0.3, -0.25) is 9.89 Å². The Morgan fingerprint density at radius 1 is 1.20 bits per heavy atom. The molecule has 0 radical (unpaired) electrons. The summed E-state index contributed by atoms with van der Waals surface area (Å²) in [6.45, 7) is 4.98. The Morgan fingerprint density at radius 2 is 2.04 bits per heavy atom. The first kappa shape index (κ1) is 18.7. The average molecular weight is 468 g/mol. The van der Waals surface area contributed by atoms with E-state index in [4.69, 9.17) is 0 Å². The van der Waals surface area contributed by atoms with Gasteiger partial charge in [0, 0.05) is 38.1 Å². The molecular formula is C19H25IN4S. The maximum atomic E-state index is 4.57. The molecule has 0 spiro atoms. The lowest BCUT2D eigenvalue weighted by molar-refractivity contribution is 0.180. The van der Waals surface area contributed by atoms with E-state index in [1.54, 1.807) is 4.88 Å². The molecule has 2 aromatic rings. The molecule has 2 aliphatic rings. The van der Waals surface area contributed by atoms with Gasteiger partial charge in [-0.25, -0.2) is 0 Å². The molecule has 2 aliphatic heterocycles. The zero-order valence-electron chi connectivity index (χ0n) is 14.5. The van der Waals surface area contributed by atoms with Crippen molar-refractivity contribution in [3.8, 4) is 0 Å². The molecule has 0 saturated heterocycles. The highest BCUT2D eigenvalue weighted by Crippen LogP contribution is 2.30. The van der Waals surface area contributed by atoms with Crippen LogP contribution in [0, 0.1) is 0 Å². The van der Waals surface area contributed by atoms with E-state index < -0.39 is 0 Å². The quantitative estimate of drug-likeness (QED) is 0.699. The molecule has 0 aliphatic carbocycles. The molecule has 1 aromatic heterocycles. The van der Waals surface area contributed by atoms with Gasteiger partial charge in [0.15, 0.2) is 5.96 Å². The highest BCUT2D eigenvalue weighted by molar-refractivity contribution is 14.0. The number of halogens is 1. The fraction of sp³-hybridized carbons (Fsp3) is 0.421. The van der Waals surface area contributed by atoms with Crippen LogP contribution in [0.3, 0.4) is 0 Å². The third kappa shape index (κ3) is 4.17. The van der Waals surface area contributed by atoms with Crippen molar-refractivity contribution < 1.29 is 0 Å². The third-order valence-electron chi connectivity index (χ3n) is 4.97. The van der Waals surface area contributed by atoms with Crippen LogP contribution in [0.5, 0.6) is 0 Å². The molecule has 25 heavy (non-hydrogen) atoms. The SMILES string of the molecule is CN1CCN=C1NCC(c1ccccc1)N1CCc2sccc2C1.I. The minimum atomic E-state index is 0. The average Bonchev–Trinajstić information content (AvgIpc) is 3.24. The summed E-state index contributed by atoms with van der Waals surface area (Å²) >= 11 is 1.90. The van der Waals surface area contributed by atoms with E-state index in [0.29, 0.717) is 6.04 Å². The number of hydrogen-bond donors (Lipinski definition) is 1. The van der Waals surface area contributed by atoms with Crippen molar-refractivity contribution >= 4 is 41.3 Å². The third-order valence-corrected chi connectivity index (χ3v) is 6.00. The highest BCUT2D eigenvalue weighted by Gasteiger charge is 2.26. The monoisotopic (exact) mass is 468 g/mol. The smallest absolute Gasteiger partial charge is 0.193 e. The van der Waals surface area contributed by atoms with Crippen molar-refractivity contribution in [2.45, 2.75) is 19.0 Å². The van der Waals surface area contributed by atoms with Crippen molar-refractivity contribution in [2.24, 2.45) is 4.99 Å². The summed E-state index contributed by atoms with van der Waals surface area (Å²) in [6.07, 6.45) is 1.16. The lowest BCUT2D eigenvalue weighted by Gasteiger charge is -2.35. The number of guanidine groups is 1. The van der Waals surface area contributed by atoms with Crippen LogP contribution >= 0.6 is 35.3 Å². The summed E-state index contributed by atoms with van der Waals surface area (Å²) in [4.78, 5) is 10.9. The summed E-state index contributed by atoms with van der Waals surface area (Å²) in [5, 5.41) is 5.81. The van der Waals surface area contributed by atoms with Gasteiger partial charge >= 0.3 is 0 Å². The molecule has 6 heteroatoms. The van der Waals surface area contributed by atoms with Crippen molar-refractivity contribution in [1.82, 2.24) is 15.1 Å².